The van der Waals surface area contributed by atoms with Crippen molar-refractivity contribution in [2.45, 2.75) is 44.3 Å². The number of fused-ring (bicyclic) bond motifs is 1. The van der Waals surface area contributed by atoms with Crippen molar-refractivity contribution < 1.29 is 14.2 Å². The molecule has 1 saturated carbocycles. The molecule has 1 heterocycles. The fourth-order valence-electron chi connectivity index (χ4n) is 2.51. The number of hydrogen-bond donors (Lipinski definition) is 1. The average molecular weight is 238 g/mol. The van der Waals surface area contributed by atoms with Gasteiger partial charge in [-0.3, -0.25) is 0 Å². The van der Waals surface area contributed by atoms with Crippen LogP contribution in [0.5, 0.6) is 0 Å². The van der Waals surface area contributed by atoms with Gasteiger partial charge in [0.2, 0.25) is 0 Å². The first kappa shape index (κ1) is 13.2. The van der Waals surface area contributed by atoms with Gasteiger partial charge in [-0.15, -0.1) is 12.4 Å². The molecule has 15 heavy (non-hydrogen) atoms. The Morgan fingerprint density at radius 2 is 1.93 bits per heavy atom. The van der Waals surface area contributed by atoms with Gasteiger partial charge in [0.25, 0.3) is 0 Å². The lowest BCUT2D eigenvalue weighted by atomic mass is 10.1. The minimum atomic E-state index is -0.487. The summed E-state index contributed by atoms with van der Waals surface area (Å²) in [4.78, 5) is 0. The zero-order chi connectivity index (χ0) is 10.3. The van der Waals surface area contributed by atoms with E-state index in [1.807, 2.05) is 13.8 Å². The van der Waals surface area contributed by atoms with Crippen LogP contribution in [0.1, 0.15) is 20.3 Å². The summed E-state index contributed by atoms with van der Waals surface area (Å²) in [5, 5.41) is 0. The highest BCUT2D eigenvalue weighted by molar-refractivity contribution is 5.85. The molecule has 1 aliphatic carbocycles. The maximum absolute atomic E-state index is 6.00. The molecule has 90 valence electrons. The lowest BCUT2D eigenvalue weighted by molar-refractivity contribution is -0.159. The van der Waals surface area contributed by atoms with E-state index in [4.69, 9.17) is 19.9 Å². The topological polar surface area (TPSA) is 53.7 Å². The van der Waals surface area contributed by atoms with Crippen molar-refractivity contribution in [2.75, 3.05) is 13.7 Å². The van der Waals surface area contributed by atoms with E-state index in [1.165, 1.54) is 0 Å². The van der Waals surface area contributed by atoms with Crippen molar-refractivity contribution in [1.29, 1.82) is 0 Å². The molecule has 4 nitrogen and oxygen atoms in total. The number of nitrogens with two attached hydrogens (primary N) is 1. The number of methoxy groups -OCH3 is 1. The molecule has 2 aliphatic rings. The fraction of sp³-hybridized carbons (Fsp3) is 1.00. The number of rotatable bonds is 2. The van der Waals surface area contributed by atoms with Crippen molar-refractivity contribution in [3.8, 4) is 0 Å². The molecule has 0 spiro atoms. The van der Waals surface area contributed by atoms with Gasteiger partial charge in [0.15, 0.2) is 5.79 Å². The molecule has 2 rings (SSSR count). The Bertz CT molecular complexity index is 225. The Balaban J connectivity index is 0.00000112. The highest BCUT2D eigenvalue weighted by atomic mass is 35.5. The largest absolute Gasteiger partial charge is 0.384 e. The summed E-state index contributed by atoms with van der Waals surface area (Å²) >= 11 is 0. The summed E-state index contributed by atoms with van der Waals surface area (Å²) < 4.78 is 16.7. The van der Waals surface area contributed by atoms with Gasteiger partial charge in [-0.1, -0.05) is 0 Å². The Morgan fingerprint density at radius 1 is 1.33 bits per heavy atom. The van der Waals surface area contributed by atoms with Crippen LogP contribution in [0.15, 0.2) is 0 Å². The van der Waals surface area contributed by atoms with Crippen molar-refractivity contribution in [3.63, 3.8) is 0 Å². The fourth-order valence-corrected chi connectivity index (χ4v) is 2.51. The van der Waals surface area contributed by atoms with Gasteiger partial charge in [-0.05, 0) is 20.3 Å². The van der Waals surface area contributed by atoms with Crippen LogP contribution in [-0.2, 0) is 14.2 Å². The van der Waals surface area contributed by atoms with Crippen LogP contribution in [0.2, 0.25) is 0 Å². The van der Waals surface area contributed by atoms with Crippen LogP contribution >= 0.6 is 12.4 Å². The molecule has 4 atom stereocenters. The molecule has 0 aromatic rings. The summed E-state index contributed by atoms with van der Waals surface area (Å²) in [6.45, 7) is 4.57. The van der Waals surface area contributed by atoms with Gasteiger partial charge < -0.3 is 19.9 Å². The lowest BCUT2D eigenvalue weighted by Gasteiger charge is -2.22. The van der Waals surface area contributed by atoms with Gasteiger partial charge >= 0.3 is 0 Å². The molecular formula is C10H20ClNO3. The Labute approximate surface area is 96.8 Å². The number of hydrogen-bond acceptors (Lipinski definition) is 4. The highest BCUT2D eigenvalue weighted by Crippen LogP contribution is 2.40. The summed E-state index contributed by atoms with van der Waals surface area (Å²) in [7, 11) is 1.71. The summed E-state index contributed by atoms with van der Waals surface area (Å²) in [5.41, 5.74) is 6.00. The van der Waals surface area contributed by atoms with Crippen molar-refractivity contribution in [3.05, 3.63) is 0 Å². The van der Waals surface area contributed by atoms with Gasteiger partial charge in [0.1, 0.15) is 6.10 Å². The van der Waals surface area contributed by atoms with E-state index < -0.39 is 5.79 Å². The smallest absolute Gasteiger partial charge is 0.163 e. The van der Waals surface area contributed by atoms with Crippen LogP contribution in [0.3, 0.4) is 0 Å². The zero-order valence-corrected chi connectivity index (χ0v) is 10.3. The average Bonchev–Trinajstić information content (AvgIpc) is 2.51. The number of halogens is 1. The first-order chi connectivity index (χ1) is 6.53. The second-order valence-corrected chi connectivity index (χ2v) is 4.68. The molecule has 2 N–H and O–H groups in total. The second-order valence-electron chi connectivity index (χ2n) is 4.68. The molecule has 1 aliphatic heterocycles. The van der Waals surface area contributed by atoms with Crippen LogP contribution in [0.25, 0.3) is 0 Å². The van der Waals surface area contributed by atoms with E-state index in [0.29, 0.717) is 12.5 Å². The molecule has 0 amide bonds. The third-order valence-corrected chi connectivity index (χ3v) is 3.01. The van der Waals surface area contributed by atoms with Crippen molar-refractivity contribution in [1.82, 2.24) is 0 Å². The van der Waals surface area contributed by atoms with Crippen LogP contribution in [0.4, 0.5) is 0 Å². The van der Waals surface area contributed by atoms with E-state index in [9.17, 15) is 0 Å². The summed E-state index contributed by atoms with van der Waals surface area (Å²) in [6.07, 6.45) is 1.09. The first-order valence-corrected chi connectivity index (χ1v) is 5.13. The van der Waals surface area contributed by atoms with Crippen molar-refractivity contribution in [2.24, 2.45) is 11.7 Å². The van der Waals surface area contributed by atoms with Gasteiger partial charge in [-0.2, -0.15) is 0 Å². The van der Waals surface area contributed by atoms with Crippen LogP contribution in [-0.4, -0.2) is 37.8 Å². The van der Waals surface area contributed by atoms with Crippen LogP contribution < -0.4 is 5.73 Å². The molecule has 0 radical (unpaired) electrons. The molecule has 0 unspecified atom stereocenters. The quantitative estimate of drug-likeness (QED) is 0.776. The van der Waals surface area contributed by atoms with E-state index in [0.717, 1.165) is 6.42 Å². The molecule has 0 aromatic carbocycles. The predicted octanol–water partition coefficient (Wildman–Crippen LogP) is 0.922. The summed E-state index contributed by atoms with van der Waals surface area (Å²) in [5.74, 6) is -0.110. The Kier molecular flexibility index (Phi) is 4.01. The minimum absolute atomic E-state index is 0. The van der Waals surface area contributed by atoms with Gasteiger partial charge in [0.05, 0.1) is 12.7 Å². The summed E-state index contributed by atoms with van der Waals surface area (Å²) in [6, 6.07) is 0.0851. The SMILES string of the molecule is COC[C@H]1C[C@@H](N)[C@@H]2OC(C)(C)O[C@H]12.Cl. The van der Waals surface area contributed by atoms with E-state index in [1.54, 1.807) is 7.11 Å². The third-order valence-electron chi connectivity index (χ3n) is 3.01. The standard InChI is InChI=1S/C10H19NO3.ClH/c1-10(2)13-8-6(5-12-3)4-7(11)9(8)14-10;/h6-9H,4-5,11H2,1-3H3;1H/t6-,7-,8-,9+;/m1./s1. The normalized spacial score (nSPS) is 42.4. The Hall–Kier alpha value is 0.130. The third kappa shape index (κ3) is 2.45. The monoisotopic (exact) mass is 237 g/mol. The lowest BCUT2D eigenvalue weighted by Crippen LogP contribution is -2.35. The Morgan fingerprint density at radius 3 is 2.53 bits per heavy atom. The molecular weight excluding hydrogens is 218 g/mol. The predicted molar refractivity (Wildman–Crippen MR) is 59.0 cm³/mol. The zero-order valence-electron chi connectivity index (χ0n) is 9.43. The van der Waals surface area contributed by atoms with E-state index in [-0.39, 0.29) is 30.7 Å². The molecule has 5 heteroatoms. The maximum atomic E-state index is 6.00. The molecule has 0 aromatic heterocycles. The second kappa shape index (κ2) is 4.55. The van der Waals surface area contributed by atoms with Crippen molar-refractivity contribution >= 4 is 12.4 Å². The molecule has 1 saturated heterocycles. The van der Waals surface area contributed by atoms with Gasteiger partial charge in [-0.25, -0.2) is 0 Å². The maximum Gasteiger partial charge on any atom is 0.163 e. The van der Waals surface area contributed by atoms with Crippen LogP contribution in [0, 0.1) is 5.92 Å². The molecule has 0 bridgehead atoms. The number of ether oxygens (including phenoxy) is 3. The minimum Gasteiger partial charge on any atom is -0.384 e. The molecule has 2 fully saturated rings. The van der Waals surface area contributed by atoms with Gasteiger partial charge in [0, 0.05) is 19.1 Å². The van der Waals surface area contributed by atoms with E-state index in [2.05, 4.69) is 0 Å². The first-order valence-electron chi connectivity index (χ1n) is 5.13. The highest BCUT2D eigenvalue weighted by Gasteiger charge is 2.52. The van der Waals surface area contributed by atoms with E-state index >= 15 is 0 Å².